The molecular formula is C20H25ClN2O3S. The van der Waals surface area contributed by atoms with E-state index in [1.54, 1.807) is 54.6 Å². The van der Waals surface area contributed by atoms with Crippen LogP contribution in [0.25, 0.3) is 0 Å². The van der Waals surface area contributed by atoms with E-state index in [2.05, 4.69) is 17.6 Å². The van der Waals surface area contributed by atoms with E-state index in [9.17, 15) is 13.2 Å². The number of anilines is 1. The normalized spacial score (nSPS) is 19.7. The third-order valence-electron chi connectivity index (χ3n) is 4.72. The quantitative estimate of drug-likeness (QED) is 0.794. The van der Waals surface area contributed by atoms with Crippen molar-refractivity contribution < 1.29 is 13.2 Å². The molecule has 5 nitrogen and oxygen atoms in total. The van der Waals surface area contributed by atoms with Crippen molar-refractivity contribution in [2.75, 3.05) is 11.9 Å². The molecule has 0 spiro atoms. The van der Waals surface area contributed by atoms with Crippen molar-refractivity contribution in [2.45, 2.75) is 36.5 Å². The SMILES string of the molecule is C[C@H]1C[C@@H](C(=O)Nc2ccccc2CS(=O)(=O)c2ccccc2)CCN1.Cl. The monoisotopic (exact) mass is 408 g/mol. The van der Waals surface area contributed by atoms with Crippen molar-refractivity contribution in [3.8, 4) is 0 Å². The van der Waals surface area contributed by atoms with Crippen molar-refractivity contribution >= 4 is 33.8 Å². The number of para-hydroxylation sites is 1. The van der Waals surface area contributed by atoms with Crippen LogP contribution in [-0.4, -0.2) is 26.9 Å². The minimum atomic E-state index is -3.47. The van der Waals surface area contributed by atoms with Crippen LogP contribution >= 0.6 is 12.4 Å². The summed E-state index contributed by atoms with van der Waals surface area (Å²) in [5, 5.41) is 6.28. The van der Waals surface area contributed by atoms with Gasteiger partial charge in [-0.2, -0.15) is 0 Å². The van der Waals surface area contributed by atoms with Gasteiger partial charge in [0.25, 0.3) is 0 Å². The van der Waals surface area contributed by atoms with Gasteiger partial charge in [0.05, 0.1) is 10.6 Å². The zero-order valence-corrected chi connectivity index (χ0v) is 16.9. The third kappa shape index (κ3) is 5.54. The van der Waals surface area contributed by atoms with E-state index in [-0.39, 0.29) is 34.9 Å². The lowest BCUT2D eigenvalue weighted by Gasteiger charge is -2.27. The molecule has 146 valence electrons. The van der Waals surface area contributed by atoms with E-state index in [4.69, 9.17) is 0 Å². The molecule has 2 atom stereocenters. The van der Waals surface area contributed by atoms with Crippen LogP contribution in [0.5, 0.6) is 0 Å². The number of piperidine rings is 1. The first-order valence-corrected chi connectivity index (χ1v) is 10.5. The number of sulfone groups is 1. The van der Waals surface area contributed by atoms with Gasteiger partial charge in [-0.25, -0.2) is 8.42 Å². The Kier molecular flexibility index (Phi) is 7.41. The highest BCUT2D eigenvalue weighted by Crippen LogP contribution is 2.24. The van der Waals surface area contributed by atoms with Crippen LogP contribution in [0.3, 0.4) is 0 Å². The summed E-state index contributed by atoms with van der Waals surface area (Å²) < 4.78 is 25.3. The van der Waals surface area contributed by atoms with Gasteiger partial charge >= 0.3 is 0 Å². The average Bonchev–Trinajstić information content (AvgIpc) is 2.64. The first-order valence-electron chi connectivity index (χ1n) is 8.85. The minimum Gasteiger partial charge on any atom is -0.326 e. The molecule has 3 rings (SSSR count). The summed E-state index contributed by atoms with van der Waals surface area (Å²) in [7, 11) is -3.47. The van der Waals surface area contributed by atoms with Gasteiger partial charge in [-0.1, -0.05) is 36.4 Å². The second-order valence-electron chi connectivity index (χ2n) is 6.80. The Balaban J connectivity index is 0.00000261. The first-order chi connectivity index (χ1) is 12.5. The second kappa shape index (κ2) is 9.35. The lowest BCUT2D eigenvalue weighted by Crippen LogP contribution is -2.40. The Bertz CT molecular complexity index is 872. The maximum atomic E-state index is 12.7. The van der Waals surface area contributed by atoms with E-state index in [0.717, 1.165) is 19.4 Å². The first kappa shape index (κ1) is 21.4. The summed E-state index contributed by atoms with van der Waals surface area (Å²) in [5.41, 5.74) is 1.18. The van der Waals surface area contributed by atoms with Gasteiger partial charge in [0.1, 0.15) is 0 Å². The molecule has 1 heterocycles. The molecule has 1 fully saturated rings. The maximum Gasteiger partial charge on any atom is 0.227 e. The lowest BCUT2D eigenvalue weighted by molar-refractivity contribution is -0.120. The smallest absolute Gasteiger partial charge is 0.227 e. The van der Waals surface area contributed by atoms with Crippen molar-refractivity contribution in [3.05, 3.63) is 60.2 Å². The van der Waals surface area contributed by atoms with Gasteiger partial charge in [0.2, 0.25) is 5.91 Å². The lowest BCUT2D eigenvalue weighted by atomic mass is 9.92. The van der Waals surface area contributed by atoms with Gasteiger partial charge < -0.3 is 10.6 Å². The molecule has 1 saturated heterocycles. The fourth-order valence-electron chi connectivity index (χ4n) is 3.29. The standard InChI is InChI=1S/C20H24N2O3S.ClH/c1-15-13-16(11-12-21-15)20(23)22-19-10-6-5-7-17(19)14-26(24,25)18-8-3-2-4-9-18;/h2-10,15-16,21H,11-14H2,1H3,(H,22,23);1H/t15-,16-;/m0./s1. The molecule has 27 heavy (non-hydrogen) atoms. The summed E-state index contributed by atoms with van der Waals surface area (Å²) in [6.45, 7) is 2.89. The van der Waals surface area contributed by atoms with Gasteiger partial charge in [-0.15, -0.1) is 12.4 Å². The van der Waals surface area contributed by atoms with Gasteiger partial charge in [0, 0.05) is 17.6 Å². The van der Waals surface area contributed by atoms with E-state index in [0.29, 0.717) is 17.3 Å². The average molecular weight is 409 g/mol. The summed E-state index contributed by atoms with van der Waals surface area (Å²) in [5.74, 6) is -0.233. The fraction of sp³-hybridized carbons (Fsp3) is 0.350. The van der Waals surface area contributed by atoms with Crippen LogP contribution in [0.15, 0.2) is 59.5 Å². The van der Waals surface area contributed by atoms with Gasteiger partial charge in [-0.3, -0.25) is 4.79 Å². The highest BCUT2D eigenvalue weighted by molar-refractivity contribution is 7.90. The largest absolute Gasteiger partial charge is 0.326 e. The van der Waals surface area contributed by atoms with Crippen molar-refractivity contribution in [1.29, 1.82) is 0 Å². The number of halogens is 1. The molecule has 0 bridgehead atoms. The maximum absolute atomic E-state index is 12.7. The highest BCUT2D eigenvalue weighted by atomic mass is 35.5. The summed E-state index contributed by atoms with van der Waals surface area (Å²) in [4.78, 5) is 12.9. The zero-order valence-electron chi connectivity index (χ0n) is 15.2. The van der Waals surface area contributed by atoms with E-state index in [1.165, 1.54) is 0 Å². The predicted octanol–water partition coefficient (Wildman–Crippen LogP) is 3.41. The van der Waals surface area contributed by atoms with E-state index >= 15 is 0 Å². The van der Waals surface area contributed by atoms with Crippen LogP contribution in [0.4, 0.5) is 5.69 Å². The molecule has 1 aliphatic rings. The summed E-state index contributed by atoms with van der Waals surface area (Å²) in [6, 6.07) is 15.8. The summed E-state index contributed by atoms with van der Waals surface area (Å²) in [6.07, 6.45) is 1.58. The number of amides is 1. The van der Waals surface area contributed by atoms with Crippen molar-refractivity contribution in [1.82, 2.24) is 5.32 Å². The Labute approximate surface area is 166 Å². The van der Waals surface area contributed by atoms with Gasteiger partial charge in [0.15, 0.2) is 9.84 Å². The fourth-order valence-corrected chi connectivity index (χ4v) is 4.69. The van der Waals surface area contributed by atoms with Crippen LogP contribution < -0.4 is 10.6 Å². The highest BCUT2D eigenvalue weighted by Gasteiger charge is 2.25. The predicted molar refractivity (Wildman–Crippen MR) is 110 cm³/mol. The number of benzene rings is 2. The number of hydrogen-bond donors (Lipinski definition) is 2. The molecule has 1 aliphatic heterocycles. The Morgan fingerprint density at radius 3 is 2.48 bits per heavy atom. The molecule has 0 unspecified atom stereocenters. The number of rotatable bonds is 5. The molecule has 0 radical (unpaired) electrons. The Hall–Kier alpha value is -1.89. The van der Waals surface area contributed by atoms with Crippen LogP contribution in [0.1, 0.15) is 25.3 Å². The van der Waals surface area contributed by atoms with Crippen LogP contribution in [0.2, 0.25) is 0 Å². The van der Waals surface area contributed by atoms with E-state index < -0.39 is 9.84 Å². The number of carbonyl (C=O) groups is 1. The Morgan fingerprint density at radius 1 is 1.11 bits per heavy atom. The summed E-state index contributed by atoms with van der Waals surface area (Å²) >= 11 is 0. The molecule has 7 heteroatoms. The van der Waals surface area contributed by atoms with E-state index in [1.807, 2.05) is 0 Å². The van der Waals surface area contributed by atoms with Crippen molar-refractivity contribution in [3.63, 3.8) is 0 Å². The molecule has 1 amide bonds. The zero-order chi connectivity index (χ0) is 18.6. The molecule has 0 saturated carbocycles. The van der Waals surface area contributed by atoms with Crippen molar-refractivity contribution in [2.24, 2.45) is 5.92 Å². The molecule has 0 aromatic heterocycles. The minimum absolute atomic E-state index is 0. The number of nitrogens with one attached hydrogen (secondary N) is 2. The molecule has 2 aromatic rings. The molecule has 2 N–H and O–H groups in total. The van der Waals surface area contributed by atoms with Gasteiger partial charge in [-0.05, 0) is 50.1 Å². The second-order valence-corrected chi connectivity index (χ2v) is 8.78. The topological polar surface area (TPSA) is 75.3 Å². The molecule has 2 aromatic carbocycles. The van der Waals surface area contributed by atoms with Crippen LogP contribution in [0, 0.1) is 5.92 Å². The Morgan fingerprint density at radius 2 is 1.78 bits per heavy atom. The third-order valence-corrected chi connectivity index (χ3v) is 6.40. The van der Waals surface area contributed by atoms with Crippen LogP contribution in [-0.2, 0) is 20.4 Å². The molecule has 0 aliphatic carbocycles. The number of hydrogen-bond acceptors (Lipinski definition) is 4. The molecular weight excluding hydrogens is 384 g/mol. The number of carbonyl (C=O) groups excluding carboxylic acids is 1.